The summed E-state index contributed by atoms with van der Waals surface area (Å²) >= 11 is 0. The Morgan fingerprint density at radius 1 is 1.13 bits per heavy atom. The molecule has 0 unspecified atom stereocenters. The zero-order valence-electron chi connectivity index (χ0n) is 12.4. The first kappa shape index (κ1) is 14.9. The van der Waals surface area contributed by atoms with Crippen LogP contribution in [0, 0.1) is 0 Å². The van der Waals surface area contributed by atoms with E-state index in [0.29, 0.717) is 30.5 Å². The molecule has 0 aromatic heterocycles. The summed E-state index contributed by atoms with van der Waals surface area (Å²) < 4.78 is 16.2. The molecule has 1 heterocycles. The lowest BCUT2D eigenvalue weighted by Gasteiger charge is -2.18. The molecule has 23 heavy (non-hydrogen) atoms. The molecular formula is C17H16N2O4. The van der Waals surface area contributed by atoms with Crippen molar-refractivity contribution in [2.45, 2.75) is 0 Å². The van der Waals surface area contributed by atoms with Crippen molar-refractivity contribution in [3.8, 4) is 17.2 Å². The lowest BCUT2D eigenvalue weighted by molar-refractivity contribution is -0.123. The molecule has 1 N–H and O–H groups in total. The second kappa shape index (κ2) is 7.31. The Labute approximate surface area is 133 Å². The van der Waals surface area contributed by atoms with E-state index >= 15 is 0 Å². The maximum Gasteiger partial charge on any atom is 0.277 e. The van der Waals surface area contributed by atoms with Gasteiger partial charge in [-0.2, -0.15) is 5.10 Å². The number of carbonyl (C=O) groups is 1. The summed E-state index contributed by atoms with van der Waals surface area (Å²) in [5.41, 5.74) is 3.22. The number of para-hydroxylation sites is 1. The molecular weight excluding hydrogens is 296 g/mol. The second-order valence-corrected chi connectivity index (χ2v) is 4.80. The Morgan fingerprint density at radius 2 is 1.91 bits per heavy atom. The van der Waals surface area contributed by atoms with Gasteiger partial charge in [-0.15, -0.1) is 0 Å². The van der Waals surface area contributed by atoms with Gasteiger partial charge in [-0.05, 0) is 35.9 Å². The zero-order chi connectivity index (χ0) is 15.9. The summed E-state index contributed by atoms with van der Waals surface area (Å²) in [4.78, 5) is 11.6. The molecule has 0 fully saturated rings. The lowest BCUT2D eigenvalue weighted by atomic mass is 10.2. The van der Waals surface area contributed by atoms with E-state index in [4.69, 9.17) is 14.2 Å². The quantitative estimate of drug-likeness (QED) is 0.677. The molecule has 0 radical (unpaired) electrons. The molecule has 118 valence electrons. The van der Waals surface area contributed by atoms with Crippen LogP contribution in [-0.4, -0.2) is 31.9 Å². The molecule has 6 heteroatoms. The third-order valence-corrected chi connectivity index (χ3v) is 3.08. The Morgan fingerprint density at radius 3 is 2.74 bits per heavy atom. The average molecular weight is 312 g/mol. The number of amides is 1. The minimum absolute atomic E-state index is 0.0947. The van der Waals surface area contributed by atoms with E-state index in [1.165, 1.54) is 0 Å². The Bertz CT molecular complexity index is 701. The van der Waals surface area contributed by atoms with Crippen LogP contribution in [0.5, 0.6) is 17.2 Å². The Kier molecular flexibility index (Phi) is 4.73. The molecule has 0 bridgehead atoms. The Hall–Kier alpha value is -3.02. The first-order chi connectivity index (χ1) is 11.3. The average Bonchev–Trinajstić information content (AvgIpc) is 2.61. The van der Waals surface area contributed by atoms with Crippen molar-refractivity contribution in [2.24, 2.45) is 5.10 Å². The van der Waals surface area contributed by atoms with Crippen LogP contribution in [-0.2, 0) is 4.79 Å². The topological polar surface area (TPSA) is 69.2 Å². The zero-order valence-corrected chi connectivity index (χ0v) is 12.4. The first-order valence-corrected chi connectivity index (χ1v) is 7.21. The van der Waals surface area contributed by atoms with Gasteiger partial charge in [0.2, 0.25) is 0 Å². The fourth-order valence-corrected chi connectivity index (χ4v) is 2.02. The van der Waals surface area contributed by atoms with Crippen molar-refractivity contribution in [3.05, 3.63) is 54.1 Å². The lowest BCUT2D eigenvalue weighted by Crippen LogP contribution is -2.24. The van der Waals surface area contributed by atoms with Crippen LogP contribution < -0.4 is 19.6 Å². The van der Waals surface area contributed by atoms with E-state index in [1.54, 1.807) is 18.3 Å². The molecule has 1 amide bonds. The minimum Gasteiger partial charge on any atom is -0.486 e. The van der Waals surface area contributed by atoms with Gasteiger partial charge >= 0.3 is 0 Å². The van der Waals surface area contributed by atoms with Gasteiger partial charge in [0.05, 0.1) is 6.21 Å². The van der Waals surface area contributed by atoms with Crippen LogP contribution in [0.1, 0.15) is 5.56 Å². The summed E-state index contributed by atoms with van der Waals surface area (Å²) in [5, 5.41) is 3.90. The SMILES string of the molecule is O=C(COc1ccccc1)N/N=C\c1ccc2c(c1)OCCO2. The minimum atomic E-state index is -0.331. The number of hydrazone groups is 1. The summed E-state index contributed by atoms with van der Waals surface area (Å²) in [6.07, 6.45) is 1.54. The molecule has 0 saturated carbocycles. The van der Waals surface area contributed by atoms with Crippen LogP contribution in [0.15, 0.2) is 53.6 Å². The monoisotopic (exact) mass is 312 g/mol. The maximum atomic E-state index is 11.6. The van der Waals surface area contributed by atoms with Gasteiger partial charge in [0.1, 0.15) is 19.0 Å². The van der Waals surface area contributed by atoms with Crippen molar-refractivity contribution < 1.29 is 19.0 Å². The predicted octanol–water partition coefficient (Wildman–Crippen LogP) is 1.99. The van der Waals surface area contributed by atoms with E-state index < -0.39 is 0 Å². The van der Waals surface area contributed by atoms with Crippen LogP contribution in [0.25, 0.3) is 0 Å². The normalized spacial score (nSPS) is 12.9. The van der Waals surface area contributed by atoms with Crippen LogP contribution >= 0.6 is 0 Å². The molecule has 6 nitrogen and oxygen atoms in total. The summed E-state index contributed by atoms with van der Waals surface area (Å²) in [5.74, 6) is 1.70. The number of hydrogen-bond donors (Lipinski definition) is 1. The standard InChI is InChI=1S/C17H16N2O4/c20-17(12-23-14-4-2-1-3-5-14)19-18-11-13-6-7-15-16(10-13)22-9-8-21-15/h1-7,10-11H,8-9,12H2,(H,19,20)/b18-11-. The third-order valence-electron chi connectivity index (χ3n) is 3.08. The molecule has 2 aromatic rings. The van der Waals surface area contributed by atoms with Gasteiger partial charge in [-0.3, -0.25) is 4.79 Å². The fourth-order valence-electron chi connectivity index (χ4n) is 2.02. The van der Waals surface area contributed by atoms with Crippen LogP contribution in [0.2, 0.25) is 0 Å². The van der Waals surface area contributed by atoms with E-state index in [-0.39, 0.29) is 12.5 Å². The van der Waals surface area contributed by atoms with E-state index in [1.807, 2.05) is 36.4 Å². The second-order valence-electron chi connectivity index (χ2n) is 4.80. The molecule has 1 aliphatic heterocycles. The summed E-state index contributed by atoms with van der Waals surface area (Å²) in [7, 11) is 0. The number of hydrogen-bond acceptors (Lipinski definition) is 5. The van der Waals surface area contributed by atoms with Gasteiger partial charge in [-0.1, -0.05) is 18.2 Å². The molecule has 0 atom stereocenters. The number of nitrogens with zero attached hydrogens (tertiary/aromatic N) is 1. The highest BCUT2D eigenvalue weighted by Crippen LogP contribution is 2.30. The number of fused-ring (bicyclic) bond motifs is 1. The van der Waals surface area contributed by atoms with E-state index in [2.05, 4.69) is 10.5 Å². The summed E-state index contributed by atoms with van der Waals surface area (Å²) in [6.45, 7) is 0.988. The van der Waals surface area contributed by atoms with Crippen molar-refractivity contribution in [2.75, 3.05) is 19.8 Å². The van der Waals surface area contributed by atoms with Gasteiger partial charge in [0.15, 0.2) is 18.1 Å². The van der Waals surface area contributed by atoms with Crippen molar-refractivity contribution >= 4 is 12.1 Å². The number of benzene rings is 2. The predicted molar refractivity (Wildman–Crippen MR) is 85.1 cm³/mol. The van der Waals surface area contributed by atoms with E-state index in [9.17, 15) is 4.79 Å². The number of carbonyl (C=O) groups excluding carboxylic acids is 1. The number of nitrogens with one attached hydrogen (secondary N) is 1. The molecule has 0 spiro atoms. The maximum absolute atomic E-state index is 11.6. The van der Waals surface area contributed by atoms with Crippen molar-refractivity contribution in [1.82, 2.24) is 5.43 Å². The van der Waals surface area contributed by atoms with Gasteiger partial charge in [0, 0.05) is 0 Å². The highest BCUT2D eigenvalue weighted by Gasteiger charge is 2.10. The molecule has 2 aromatic carbocycles. The van der Waals surface area contributed by atoms with E-state index in [0.717, 1.165) is 5.56 Å². The largest absolute Gasteiger partial charge is 0.486 e. The fraction of sp³-hybridized carbons (Fsp3) is 0.176. The molecule has 1 aliphatic rings. The highest BCUT2D eigenvalue weighted by molar-refractivity contribution is 5.83. The molecule has 3 rings (SSSR count). The van der Waals surface area contributed by atoms with Crippen LogP contribution in [0.4, 0.5) is 0 Å². The van der Waals surface area contributed by atoms with Crippen molar-refractivity contribution in [1.29, 1.82) is 0 Å². The number of rotatable bonds is 5. The molecule has 0 aliphatic carbocycles. The first-order valence-electron chi connectivity index (χ1n) is 7.21. The van der Waals surface area contributed by atoms with Gasteiger partial charge in [-0.25, -0.2) is 5.43 Å². The van der Waals surface area contributed by atoms with Gasteiger partial charge < -0.3 is 14.2 Å². The van der Waals surface area contributed by atoms with Gasteiger partial charge in [0.25, 0.3) is 5.91 Å². The highest BCUT2D eigenvalue weighted by atomic mass is 16.6. The van der Waals surface area contributed by atoms with Crippen LogP contribution in [0.3, 0.4) is 0 Å². The summed E-state index contributed by atoms with van der Waals surface area (Å²) in [6, 6.07) is 14.6. The number of ether oxygens (including phenoxy) is 3. The molecule has 0 saturated heterocycles. The third kappa shape index (κ3) is 4.23. The Balaban J connectivity index is 1.49. The smallest absolute Gasteiger partial charge is 0.277 e. The van der Waals surface area contributed by atoms with Crippen molar-refractivity contribution in [3.63, 3.8) is 0 Å².